The van der Waals surface area contributed by atoms with E-state index in [4.69, 9.17) is 10.5 Å². The third-order valence-corrected chi connectivity index (χ3v) is 5.58. The molecular formula is C19H24N6O5. The number of carbonyl (C=O) groups is 1. The lowest BCUT2D eigenvalue weighted by molar-refractivity contribution is -0.389. The first-order valence-electron chi connectivity index (χ1n) is 9.69. The van der Waals surface area contributed by atoms with Crippen LogP contribution in [0, 0.1) is 10.1 Å². The van der Waals surface area contributed by atoms with Gasteiger partial charge in [0.15, 0.2) is 0 Å². The lowest BCUT2D eigenvalue weighted by atomic mass is 10.00. The van der Waals surface area contributed by atoms with Crippen molar-refractivity contribution in [2.45, 2.75) is 31.5 Å². The van der Waals surface area contributed by atoms with Gasteiger partial charge in [0, 0.05) is 36.9 Å². The minimum Gasteiger partial charge on any atom is -0.465 e. The van der Waals surface area contributed by atoms with Crippen LogP contribution in [0.1, 0.15) is 12.5 Å². The van der Waals surface area contributed by atoms with E-state index in [1.165, 1.54) is 11.1 Å². The number of hydrogen-bond donors (Lipinski definition) is 2. The molecule has 2 aromatic rings. The highest BCUT2D eigenvalue weighted by Gasteiger charge is 2.43. The Morgan fingerprint density at radius 1 is 1.40 bits per heavy atom. The van der Waals surface area contributed by atoms with Gasteiger partial charge in [0.2, 0.25) is 0 Å². The maximum Gasteiger partial charge on any atom is 0.415 e. The molecule has 2 aliphatic heterocycles. The van der Waals surface area contributed by atoms with Crippen LogP contribution in [0.15, 0.2) is 30.5 Å². The van der Waals surface area contributed by atoms with Gasteiger partial charge in [0.1, 0.15) is 11.8 Å². The molecule has 0 spiro atoms. The van der Waals surface area contributed by atoms with Crippen molar-refractivity contribution >= 4 is 17.6 Å². The van der Waals surface area contributed by atoms with Crippen LogP contribution in [0.3, 0.4) is 0 Å². The Labute approximate surface area is 172 Å². The lowest BCUT2D eigenvalue weighted by Crippen LogP contribution is -2.58. The molecule has 3 N–H and O–H groups in total. The first-order chi connectivity index (χ1) is 14.2. The number of rotatable bonds is 5. The first-order valence-corrected chi connectivity index (χ1v) is 9.69. The summed E-state index contributed by atoms with van der Waals surface area (Å²) in [6.45, 7) is 4.51. The zero-order valence-electron chi connectivity index (χ0n) is 16.6. The molecule has 2 unspecified atom stereocenters. The van der Waals surface area contributed by atoms with Gasteiger partial charge in [0.05, 0.1) is 12.6 Å². The van der Waals surface area contributed by atoms with Crippen LogP contribution < -0.4 is 10.5 Å². The van der Waals surface area contributed by atoms with E-state index in [2.05, 4.69) is 9.88 Å². The smallest absolute Gasteiger partial charge is 0.415 e. The number of nitrogen functional groups attached to an aromatic ring is 1. The van der Waals surface area contributed by atoms with Crippen molar-refractivity contribution in [3.8, 4) is 6.01 Å². The standard InChI is InChI=1S/C19H24N6O5/c1-19(12-23-10-16(25(28)29)21-17(23)30-19)11-22-6-7-24(18(26)27)15(9-22)8-13-2-4-14(20)5-3-13/h2-5,10,15H,6-9,11-12,20H2,1H3,(H,26,27). The maximum atomic E-state index is 11.7. The van der Waals surface area contributed by atoms with Crippen molar-refractivity contribution in [2.24, 2.45) is 0 Å². The molecule has 2 aliphatic rings. The summed E-state index contributed by atoms with van der Waals surface area (Å²) in [7, 11) is 0. The van der Waals surface area contributed by atoms with Crippen LogP contribution in [0.4, 0.5) is 16.3 Å². The highest BCUT2D eigenvalue weighted by atomic mass is 16.6. The number of nitro groups is 1. The SMILES string of the molecule is CC1(CN2CCN(C(=O)O)C(Cc3ccc(N)cc3)C2)Cn2cc([N+](=O)[O-])nc2O1. The predicted octanol–water partition coefficient (Wildman–Crippen LogP) is 1.43. The van der Waals surface area contributed by atoms with E-state index in [9.17, 15) is 20.0 Å². The molecule has 11 nitrogen and oxygen atoms in total. The Kier molecular flexibility index (Phi) is 4.98. The van der Waals surface area contributed by atoms with Gasteiger partial charge in [-0.1, -0.05) is 12.1 Å². The fourth-order valence-electron chi connectivity index (χ4n) is 4.25. The molecule has 2 atom stereocenters. The number of benzene rings is 1. The Morgan fingerprint density at radius 2 is 2.13 bits per heavy atom. The number of fused-ring (bicyclic) bond motifs is 1. The number of nitrogens with zero attached hydrogens (tertiary/aromatic N) is 5. The third kappa shape index (κ3) is 4.01. The van der Waals surface area contributed by atoms with Crippen LogP contribution >= 0.6 is 0 Å². The summed E-state index contributed by atoms with van der Waals surface area (Å²) in [6.07, 6.45) is 1.05. The number of carboxylic acid groups (broad SMARTS) is 1. The molecule has 1 amide bonds. The topological polar surface area (TPSA) is 140 Å². The van der Waals surface area contributed by atoms with Gasteiger partial charge in [-0.15, -0.1) is 0 Å². The number of aromatic nitrogens is 2. The Morgan fingerprint density at radius 3 is 2.77 bits per heavy atom. The number of anilines is 1. The fourth-order valence-corrected chi connectivity index (χ4v) is 4.25. The molecule has 11 heteroatoms. The number of hydrogen-bond acceptors (Lipinski definition) is 7. The summed E-state index contributed by atoms with van der Waals surface area (Å²) in [4.78, 5) is 29.6. The maximum absolute atomic E-state index is 11.7. The highest BCUT2D eigenvalue weighted by Crippen LogP contribution is 2.32. The summed E-state index contributed by atoms with van der Waals surface area (Å²) in [5.41, 5.74) is 6.85. The van der Waals surface area contributed by atoms with E-state index in [1.54, 1.807) is 4.57 Å². The van der Waals surface area contributed by atoms with E-state index < -0.39 is 16.6 Å². The van der Waals surface area contributed by atoms with Gasteiger partial charge in [0.25, 0.3) is 0 Å². The van der Waals surface area contributed by atoms with Gasteiger partial charge < -0.3 is 30.6 Å². The van der Waals surface area contributed by atoms with Crippen molar-refractivity contribution in [3.05, 3.63) is 46.1 Å². The molecule has 1 aromatic heterocycles. The van der Waals surface area contributed by atoms with E-state index in [0.717, 1.165) is 5.56 Å². The minimum atomic E-state index is -0.925. The molecule has 160 valence electrons. The number of ether oxygens (including phenoxy) is 1. The van der Waals surface area contributed by atoms with E-state index in [1.807, 2.05) is 31.2 Å². The first kappa shape index (κ1) is 20.0. The molecule has 0 radical (unpaired) electrons. The monoisotopic (exact) mass is 416 g/mol. The number of nitrogens with two attached hydrogens (primary N) is 1. The highest BCUT2D eigenvalue weighted by molar-refractivity contribution is 5.65. The largest absolute Gasteiger partial charge is 0.465 e. The summed E-state index contributed by atoms with van der Waals surface area (Å²) in [5.74, 6) is -0.231. The van der Waals surface area contributed by atoms with E-state index >= 15 is 0 Å². The minimum absolute atomic E-state index is 0.192. The summed E-state index contributed by atoms with van der Waals surface area (Å²) in [6, 6.07) is 7.52. The fraction of sp³-hybridized carbons (Fsp3) is 0.474. The number of amides is 1. The molecule has 3 heterocycles. The van der Waals surface area contributed by atoms with Crippen molar-refractivity contribution in [2.75, 3.05) is 31.9 Å². The molecule has 0 aliphatic carbocycles. The van der Waals surface area contributed by atoms with Crippen molar-refractivity contribution in [1.82, 2.24) is 19.4 Å². The molecule has 1 fully saturated rings. The third-order valence-electron chi connectivity index (χ3n) is 5.58. The quantitative estimate of drug-likeness (QED) is 0.424. The van der Waals surface area contributed by atoms with Crippen LogP contribution in [-0.4, -0.2) is 73.3 Å². The zero-order chi connectivity index (χ0) is 21.5. The average molecular weight is 416 g/mol. The summed E-state index contributed by atoms with van der Waals surface area (Å²) >= 11 is 0. The van der Waals surface area contributed by atoms with E-state index in [0.29, 0.717) is 44.8 Å². The molecule has 1 aromatic carbocycles. The van der Waals surface area contributed by atoms with Gasteiger partial charge in [-0.05, 0) is 36.0 Å². The molecular weight excluding hydrogens is 392 g/mol. The molecule has 0 saturated carbocycles. The van der Waals surface area contributed by atoms with Crippen LogP contribution in [0.5, 0.6) is 6.01 Å². The second-order valence-electron chi connectivity index (χ2n) is 8.13. The van der Waals surface area contributed by atoms with Gasteiger partial charge in [-0.2, -0.15) is 0 Å². The van der Waals surface area contributed by atoms with Gasteiger partial charge >= 0.3 is 17.9 Å². The molecule has 0 bridgehead atoms. The van der Waals surface area contributed by atoms with E-state index in [-0.39, 0.29) is 17.9 Å². The van der Waals surface area contributed by atoms with Crippen LogP contribution in [0.25, 0.3) is 0 Å². The number of piperazine rings is 1. The summed E-state index contributed by atoms with van der Waals surface area (Å²) < 4.78 is 7.58. The van der Waals surface area contributed by atoms with Crippen molar-refractivity contribution in [1.29, 1.82) is 0 Å². The second-order valence-corrected chi connectivity index (χ2v) is 8.13. The lowest BCUT2D eigenvalue weighted by Gasteiger charge is -2.42. The Hall–Kier alpha value is -3.34. The van der Waals surface area contributed by atoms with Gasteiger partial charge in [-0.3, -0.25) is 9.47 Å². The second kappa shape index (κ2) is 7.48. The van der Waals surface area contributed by atoms with Crippen LogP contribution in [0.2, 0.25) is 0 Å². The Balaban J connectivity index is 1.43. The number of imidazole rings is 1. The average Bonchev–Trinajstić information content (AvgIpc) is 3.18. The zero-order valence-corrected chi connectivity index (χ0v) is 16.6. The molecule has 4 rings (SSSR count). The molecule has 30 heavy (non-hydrogen) atoms. The summed E-state index contributed by atoms with van der Waals surface area (Å²) in [5, 5.41) is 20.5. The molecule has 1 saturated heterocycles. The van der Waals surface area contributed by atoms with Gasteiger partial charge in [-0.25, -0.2) is 4.79 Å². The normalized spacial score (nSPS) is 23.8. The Bertz CT molecular complexity index is 935. The predicted molar refractivity (Wildman–Crippen MR) is 107 cm³/mol. The van der Waals surface area contributed by atoms with Crippen molar-refractivity contribution in [3.63, 3.8) is 0 Å². The van der Waals surface area contributed by atoms with Crippen LogP contribution in [-0.2, 0) is 13.0 Å². The van der Waals surface area contributed by atoms with Crippen molar-refractivity contribution < 1.29 is 19.6 Å².